The second kappa shape index (κ2) is 8.54. The predicted octanol–water partition coefficient (Wildman–Crippen LogP) is 3.98. The van der Waals surface area contributed by atoms with Gasteiger partial charge in [0.1, 0.15) is 4.32 Å². The Morgan fingerprint density at radius 3 is 2.41 bits per heavy atom. The Morgan fingerprint density at radius 1 is 1.18 bits per heavy atom. The monoisotopic (exact) mass is 267 g/mol. The summed E-state index contributed by atoms with van der Waals surface area (Å²) in [7, 11) is 0. The minimum atomic E-state index is 1.01. The molecule has 94 valence electrons. The number of hydrogen-bond acceptors (Lipinski definition) is 2. The second-order valence-corrected chi connectivity index (χ2v) is 5.60. The van der Waals surface area contributed by atoms with Crippen molar-refractivity contribution < 1.29 is 0 Å². The highest BCUT2D eigenvalue weighted by Gasteiger charge is 2.04. The standard InChI is InChI=1S/C14H21NS2/c1-3-15(4-2)14(16)17-12-8-11-13-9-6-5-7-10-13/h5-7,9-10H,3-4,8,11-12H2,1-2H3. The number of thioether (sulfide) groups is 1. The molecular weight excluding hydrogens is 246 g/mol. The molecule has 0 atom stereocenters. The van der Waals surface area contributed by atoms with Crippen molar-refractivity contribution in [2.45, 2.75) is 26.7 Å². The van der Waals surface area contributed by atoms with Crippen molar-refractivity contribution >= 4 is 28.3 Å². The first-order valence-electron chi connectivity index (χ1n) is 6.23. The van der Waals surface area contributed by atoms with Crippen LogP contribution in [0.1, 0.15) is 25.8 Å². The number of aryl methyl sites for hydroxylation is 1. The van der Waals surface area contributed by atoms with Crippen molar-refractivity contribution in [1.82, 2.24) is 4.90 Å². The normalized spacial score (nSPS) is 10.2. The smallest absolute Gasteiger partial charge is 0.136 e. The quantitative estimate of drug-likeness (QED) is 0.567. The highest BCUT2D eigenvalue weighted by atomic mass is 32.2. The molecule has 0 aromatic heterocycles. The second-order valence-electron chi connectivity index (χ2n) is 3.88. The molecule has 0 spiro atoms. The topological polar surface area (TPSA) is 3.24 Å². The third-order valence-corrected chi connectivity index (χ3v) is 4.31. The fourth-order valence-electron chi connectivity index (χ4n) is 1.65. The van der Waals surface area contributed by atoms with Gasteiger partial charge in [0.2, 0.25) is 0 Å². The average molecular weight is 267 g/mol. The predicted molar refractivity (Wildman–Crippen MR) is 82.7 cm³/mol. The Hall–Kier alpha value is -0.540. The highest BCUT2D eigenvalue weighted by molar-refractivity contribution is 8.22. The van der Waals surface area contributed by atoms with E-state index in [9.17, 15) is 0 Å². The first-order valence-corrected chi connectivity index (χ1v) is 7.63. The molecule has 0 heterocycles. The summed E-state index contributed by atoms with van der Waals surface area (Å²) in [6, 6.07) is 10.6. The van der Waals surface area contributed by atoms with Crippen LogP contribution in [0, 0.1) is 0 Å². The fraction of sp³-hybridized carbons (Fsp3) is 0.500. The molecule has 1 aromatic rings. The van der Waals surface area contributed by atoms with Gasteiger partial charge in [-0.05, 0) is 32.3 Å². The molecule has 0 amide bonds. The zero-order valence-corrected chi connectivity index (χ0v) is 12.3. The van der Waals surface area contributed by atoms with Crippen LogP contribution in [0.25, 0.3) is 0 Å². The van der Waals surface area contributed by atoms with E-state index in [1.165, 1.54) is 12.0 Å². The van der Waals surface area contributed by atoms with Crippen LogP contribution in [-0.4, -0.2) is 28.1 Å². The van der Waals surface area contributed by atoms with E-state index in [-0.39, 0.29) is 0 Å². The van der Waals surface area contributed by atoms with Gasteiger partial charge in [0, 0.05) is 18.8 Å². The molecule has 0 aliphatic heterocycles. The zero-order chi connectivity index (χ0) is 12.5. The summed E-state index contributed by atoms with van der Waals surface area (Å²) >= 11 is 7.20. The minimum absolute atomic E-state index is 1.01. The van der Waals surface area contributed by atoms with Crippen molar-refractivity contribution in [3.8, 4) is 0 Å². The fourth-order valence-corrected chi connectivity index (χ4v) is 3.07. The summed E-state index contributed by atoms with van der Waals surface area (Å²) in [6.07, 6.45) is 2.34. The largest absolute Gasteiger partial charge is 0.358 e. The van der Waals surface area contributed by atoms with E-state index in [1.807, 2.05) is 11.8 Å². The van der Waals surface area contributed by atoms with Crippen LogP contribution in [0.3, 0.4) is 0 Å². The summed E-state index contributed by atoms with van der Waals surface area (Å²) in [6.45, 7) is 6.34. The number of hydrogen-bond donors (Lipinski definition) is 0. The van der Waals surface area contributed by atoms with E-state index in [2.05, 4.69) is 49.1 Å². The summed E-state index contributed by atoms with van der Waals surface area (Å²) in [5, 5.41) is 0. The third-order valence-electron chi connectivity index (χ3n) is 2.70. The van der Waals surface area contributed by atoms with Gasteiger partial charge in [-0.3, -0.25) is 0 Å². The maximum Gasteiger partial charge on any atom is 0.136 e. The summed E-state index contributed by atoms with van der Waals surface area (Å²) in [4.78, 5) is 2.24. The van der Waals surface area contributed by atoms with E-state index >= 15 is 0 Å². The lowest BCUT2D eigenvalue weighted by molar-refractivity contribution is 0.482. The van der Waals surface area contributed by atoms with E-state index in [0.29, 0.717) is 0 Å². The molecule has 1 rings (SSSR count). The van der Waals surface area contributed by atoms with Crippen LogP contribution in [-0.2, 0) is 6.42 Å². The van der Waals surface area contributed by atoms with Gasteiger partial charge in [-0.25, -0.2) is 0 Å². The molecule has 0 N–H and O–H groups in total. The van der Waals surface area contributed by atoms with Crippen LogP contribution >= 0.6 is 24.0 Å². The van der Waals surface area contributed by atoms with Gasteiger partial charge >= 0.3 is 0 Å². The molecule has 0 saturated carbocycles. The lowest BCUT2D eigenvalue weighted by Gasteiger charge is -2.20. The Bertz CT molecular complexity index is 320. The first kappa shape index (κ1) is 14.5. The van der Waals surface area contributed by atoms with E-state index in [0.717, 1.165) is 29.6 Å². The summed E-state index contributed by atoms with van der Waals surface area (Å²) < 4.78 is 1.04. The van der Waals surface area contributed by atoms with Gasteiger partial charge in [-0.2, -0.15) is 0 Å². The van der Waals surface area contributed by atoms with E-state index in [1.54, 1.807) is 0 Å². The van der Waals surface area contributed by atoms with Crippen LogP contribution < -0.4 is 0 Å². The minimum Gasteiger partial charge on any atom is -0.358 e. The van der Waals surface area contributed by atoms with Crippen LogP contribution in [0.2, 0.25) is 0 Å². The molecule has 0 bridgehead atoms. The van der Waals surface area contributed by atoms with Gasteiger partial charge in [0.15, 0.2) is 0 Å². The molecule has 0 aliphatic carbocycles. The van der Waals surface area contributed by atoms with Gasteiger partial charge in [0.25, 0.3) is 0 Å². The lowest BCUT2D eigenvalue weighted by atomic mass is 10.1. The molecule has 1 nitrogen and oxygen atoms in total. The number of nitrogens with zero attached hydrogens (tertiary/aromatic N) is 1. The van der Waals surface area contributed by atoms with Crippen LogP contribution in [0.4, 0.5) is 0 Å². The highest BCUT2D eigenvalue weighted by Crippen LogP contribution is 2.12. The Kier molecular flexibility index (Phi) is 7.29. The van der Waals surface area contributed by atoms with Crippen molar-refractivity contribution in [2.75, 3.05) is 18.8 Å². The molecule has 3 heteroatoms. The van der Waals surface area contributed by atoms with Gasteiger partial charge in [-0.15, -0.1) is 0 Å². The average Bonchev–Trinajstić information content (AvgIpc) is 2.37. The maximum absolute atomic E-state index is 5.39. The Balaban J connectivity index is 2.18. The molecular formula is C14H21NS2. The van der Waals surface area contributed by atoms with Gasteiger partial charge in [-0.1, -0.05) is 54.3 Å². The third kappa shape index (κ3) is 5.55. The molecule has 0 aliphatic rings. The number of thiocarbonyl (C=S) groups is 1. The molecule has 0 radical (unpaired) electrons. The summed E-state index contributed by atoms with van der Waals surface area (Å²) in [5.74, 6) is 1.12. The number of benzene rings is 1. The van der Waals surface area contributed by atoms with Crippen molar-refractivity contribution in [3.63, 3.8) is 0 Å². The van der Waals surface area contributed by atoms with Gasteiger partial charge < -0.3 is 4.90 Å². The summed E-state index contributed by atoms with van der Waals surface area (Å²) in [5.41, 5.74) is 1.42. The van der Waals surface area contributed by atoms with Crippen LogP contribution in [0.15, 0.2) is 30.3 Å². The van der Waals surface area contributed by atoms with Crippen molar-refractivity contribution in [3.05, 3.63) is 35.9 Å². The molecule has 17 heavy (non-hydrogen) atoms. The zero-order valence-electron chi connectivity index (χ0n) is 10.7. The first-order chi connectivity index (χ1) is 8.27. The van der Waals surface area contributed by atoms with Crippen molar-refractivity contribution in [2.24, 2.45) is 0 Å². The molecule has 1 aromatic carbocycles. The van der Waals surface area contributed by atoms with E-state index < -0.39 is 0 Å². The SMILES string of the molecule is CCN(CC)C(=S)SCCCc1ccccc1. The number of rotatable bonds is 6. The maximum atomic E-state index is 5.39. The van der Waals surface area contributed by atoms with Gasteiger partial charge in [0.05, 0.1) is 0 Å². The molecule has 0 saturated heterocycles. The lowest BCUT2D eigenvalue weighted by Crippen LogP contribution is -2.26. The van der Waals surface area contributed by atoms with E-state index in [4.69, 9.17) is 12.2 Å². The molecule has 0 unspecified atom stereocenters. The Labute approximate surface area is 115 Å². The Morgan fingerprint density at radius 2 is 1.82 bits per heavy atom. The van der Waals surface area contributed by atoms with Crippen molar-refractivity contribution in [1.29, 1.82) is 0 Å². The molecule has 0 fully saturated rings. The van der Waals surface area contributed by atoms with Crippen LogP contribution in [0.5, 0.6) is 0 Å².